The summed E-state index contributed by atoms with van der Waals surface area (Å²) in [7, 11) is -3.05. The van der Waals surface area contributed by atoms with Crippen LogP contribution in [0.1, 0.15) is 22.1 Å². The third-order valence-corrected chi connectivity index (χ3v) is 6.80. The largest absolute Gasteiger partial charge is 0.416 e. The zero-order valence-electron chi connectivity index (χ0n) is 19.1. The number of halogens is 4. The molecule has 36 heavy (non-hydrogen) atoms. The molecule has 11 heteroatoms. The van der Waals surface area contributed by atoms with Gasteiger partial charge in [-0.3, -0.25) is 4.79 Å². The Balaban J connectivity index is 1.80. The summed E-state index contributed by atoms with van der Waals surface area (Å²) in [5.74, 6) is -0.489. The van der Waals surface area contributed by atoms with Crippen molar-refractivity contribution in [1.29, 1.82) is 0 Å². The number of hydrogen-bond acceptors (Lipinski definition) is 5. The highest BCUT2D eigenvalue weighted by molar-refractivity contribution is 7.87. The number of amides is 1. The van der Waals surface area contributed by atoms with E-state index in [9.17, 15) is 26.4 Å². The molecule has 0 radical (unpaired) electrons. The van der Waals surface area contributed by atoms with E-state index in [0.29, 0.717) is 17.2 Å². The lowest BCUT2D eigenvalue weighted by Crippen LogP contribution is -2.35. The fraction of sp³-hybridized carbons (Fsp3) is 0.240. The average molecular weight is 542 g/mol. The van der Waals surface area contributed by atoms with Crippen LogP contribution in [0, 0.1) is 0 Å². The number of methoxy groups -OCH3 is 1. The van der Waals surface area contributed by atoms with Gasteiger partial charge in [-0.1, -0.05) is 48.5 Å². The molecule has 0 spiro atoms. The van der Waals surface area contributed by atoms with Crippen LogP contribution in [0.3, 0.4) is 0 Å². The first-order chi connectivity index (χ1) is 17.0. The van der Waals surface area contributed by atoms with Crippen LogP contribution in [0.5, 0.6) is 5.75 Å². The summed E-state index contributed by atoms with van der Waals surface area (Å²) in [6.07, 6.45) is -4.70. The average Bonchev–Trinajstić information content (AvgIpc) is 2.85. The maximum Gasteiger partial charge on any atom is 0.416 e. The predicted molar refractivity (Wildman–Crippen MR) is 128 cm³/mol. The number of rotatable bonds is 10. The van der Waals surface area contributed by atoms with Crippen LogP contribution in [0.2, 0.25) is 0 Å². The van der Waals surface area contributed by atoms with E-state index < -0.39 is 32.1 Å². The normalized spacial score (nSPS) is 12.7. The van der Waals surface area contributed by atoms with Gasteiger partial charge in [0.05, 0.1) is 12.2 Å². The second-order valence-electron chi connectivity index (χ2n) is 7.74. The van der Waals surface area contributed by atoms with Crippen LogP contribution in [-0.4, -0.2) is 39.5 Å². The van der Waals surface area contributed by atoms with Crippen LogP contribution in [0.15, 0.2) is 83.8 Å². The first-order valence-electron chi connectivity index (χ1n) is 10.7. The maximum atomic E-state index is 13.1. The van der Waals surface area contributed by atoms with Crippen LogP contribution < -0.4 is 4.18 Å². The van der Waals surface area contributed by atoms with Crippen molar-refractivity contribution in [3.8, 4) is 5.75 Å². The number of ether oxygens (including phenoxy) is 1. The van der Waals surface area contributed by atoms with Gasteiger partial charge >= 0.3 is 16.3 Å². The van der Waals surface area contributed by atoms with Gasteiger partial charge in [0.15, 0.2) is 0 Å². The van der Waals surface area contributed by atoms with Crippen molar-refractivity contribution in [2.24, 2.45) is 0 Å². The van der Waals surface area contributed by atoms with Crippen LogP contribution in [0.25, 0.3) is 0 Å². The minimum absolute atomic E-state index is 0.0685. The lowest BCUT2D eigenvalue weighted by Gasteiger charge is -2.25. The van der Waals surface area contributed by atoms with Gasteiger partial charge in [-0.15, -0.1) is 11.6 Å². The van der Waals surface area contributed by atoms with E-state index >= 15 is 0 Å². The van der Waals surface area contributed by atoms with E-state index in [0.717, 1.165) is 18.2 Å². The van der Waals surface area contributed by atoms with Crippen LogP contribution in [0.4, 0.5) is 13.2 Å². The Morgan fingerprint density at radius 3 is 2.36 bits per heavy atom. The summed E-state index contributed by atoms with van der Waals surface area (Å²) >= 11 is 6.41. The van der Waals surface area contributed by atoms with Gasteiger partial charge in [0.25, 0.3) is 0 Å². The van der Waals surface area contributed by atoms with Gasteiger partial charge in [0, 0.05) is 20.2 Å². The van der Waals surface area contributed by atoms with E-state index in [-0.39, 0.29) is 31.4 Å². The number of carbonyl (C=O) groups is 1. The molecule has 0 saturated heterocycles. The second-order valence-corrected chi connectivity index (χ2v) is 9.72. The van der Waals surface area contributed by atoms with Gasteiger partial charge in [-0.05, 0) is 41.5 Å². The molecule has 192 valence electrons. The standard InChI is InChI=1S/C25H23ClF3NO5S/c1-34-14-13-30(24(31)23(26)19-8-3-2-4-9-19)17-18-7-5-11-21(15-18)35-36(32,33)22-12-6-10-20(16-22)25(27,28)29/h2-12,15-16,23H,13-14,17H2,1H3. The van der Waals surface area contributed by atoms with E-state index in [2.05, 4.69) is 0 Å². The topological polar surface area (TPSA) is 72.9 Å². The van der Waals surface area contributed by atoms with Crippen molar-refractivity contribution in [2.75, 3.05) is 20.3 Å². The molecule has 0 fully saturated rings. The van der Waals surface area contributed by atoms with Crippen LogP contribution >= 0.6 is 11.6 Å². The third kappa shape index (κ3) is 7.22. The third-order valence-electron chi connectivity index (χ3n) is 5.11. The van der Waals surface area contributed by atoms with Crippen molar-refractivity contribution >= 4 is 27.6 Å². The summed E-state index contributed by atoms with van der Waals surface area (Å²) in [5, 5.41) is -0.941. The molecule has 0 aliphatic rings. The zero-order chi connectivity index (χ0) is 26.3. The number of benzene rings is 3. The SMILES string of the molecule is COCCN(Cc1cccc(OS(=O)(=O)c2cccc(C(F)(F)F)c2)c1)C(=O)C(Cl)c1ccccc1. The number of hydrogen-bond donors (Lipinski definition) is 0. The van der Waals surface area contributed by atoms with Gasteiger partial charge < -0.3 is 13.8 Å². The van der Waals surface area contributed by atoms with Gasteiger partial charge in [-0.2, -0.15) is 21.6 Å². The van der Waals surface area contributed by atoms with Crippen molar-refractivity contribution < 1.29 is 35.3 Å². The minimum Gasteiger partial charge on any atom is -0.383 e. The lowest BCUT2D eigenvalue weighted by atomic mass is 10.1. The summed E-state index contributed by atoms with van der Waals surface area (Å²) < 4.78 is 74.4. The fourth-order valence-electron chi connectivity index (χ4n) is 3.31. The number of nitrogens with zero attached hydrogens (tertiary/aromatic N) is 1. The summed E-state index contributed by atoms with van der Waals surface area (Å²) in [5.41, 5.74) is 0.0336. The molecular weight excluding hydrogens is 519 g/mol. The van der Waals surface area contributed by atoms with Gasteiger partial charge in [-0.25, -0.2) is 0 Å². The van der Waals surface area contributed by atoms with Gasteiger partial charge in [0.2, 0.25) is 5.91 Å². The highest BCUT2D eigenvalue weighted by atomic mass is 35.5. The van der Waals surface area contributed by atoms with E-state index in [1.165, 1.54) is 30.2 Å². The Hall–Kier alpha value is -3.08. The molecule has 3 aromatic carbocycles. The molecule has 6 nitrogen and oxygen atoms in total. The Morgan fingerprint density at radius 2 is 1.69 bits per heavy atom. The summed E-state index contributed by atoms with van der Waals surface area (Å²) in [6, 6.07) is 18.0. The van der Waals surface area contributed by atoms with Gasteiger partial charge in [0.1, 0.15) is 16.0 Å². The van der Waals surface area contributed by atoms with Crippen molar-refractivity contribution in [1.82, 2.24) is 4.90 Å². The lowest BCUT2D eigenvalue weighted by molar-refractivity contribution is -0.137. The number of alkyl halides is 4. The molecule has 0 bridgehead atoms. The molecule has 0 N–H and O–H groups in total. The molecular formula is C25H23ClF3NO5S. The molecule has 0 aromatic heterocycles. The second kappa shape index (κ2) is 11.8. The molecule has 1 unspecified atom stereocenters. The van der Waals surface area contributed by atoms with E-state index in [4.69, 9.17) is 20.5 Å². The molecule has 1 atom stereocenters. The molecule has 0 saturated carbocycles. The Bertz CT molecular complexity index is 1290. The molecule has 3 rings (SSSR count). The molecule has 3 aromatic rings. The fourth-order valence-corrected chi connectivity index (χ4v) is 4.57. The van der Waals surface area contributed by atoms with Crippen molar-refractivity contribution in [3.63, 3.8) is 0 Å². The summed E-state index contributed by atoms with van der Waals surface area (Å²) in [4.78, 5) is 13.9. The zero-order valence-corrected chi connectivity index (χ0v) is 20.7. The maximum absolute atomic E-state index is 13.1. The molecule has 0 heterocycles. The van der Waals surface area contributed by atoms with Crippen molar-refractivity contribution in [2.45, 2.75) is 23.0 Å². The summed E-state index contributed by atoms with van der Waals surface area (Å²) in [6.45, 7) is 0.530. The highest BCUT2D eigenvalue weighted by Crippen LogP contribution is 2.31. The quantitative estimate of drug-likeness (QED) is 0.253. The first-order valence-corrected chi connectivity index (χ1v) is 12.5. The smallest absolute Gasteiger partial charge is 0.383 e. The predicted octanol–water partition coefficient (Wildman–Crippen LogP) is 5.43. The minimum atomic E-state index is -4.70. The van der Waals surface area contributed by atoms with E-state index in [1.807, 2.05) is 0 Å². The molecule has 1 amide bonds. The highest BCUT2D eigenvalue weighted by Gasteiger charge is 2.32. The monoisotopic (exact) mass is 541 g/mol. The molecule has 0 aliphatic heterocycles. The molecule has 0 aliphatic carbocycles. The van der Waals surface area contributed by atoms with Crippen molar-refractivity contribution in [3.05, 3.63) is 95.6 Å². The van der Waals surface area contributed by atoms with Crippen LogP contribution in [-0.2, 0) is 32.4 Å². The Morgan fingerprint density at radius 1 is 1.00 bits per heavy atom. The first kappa shape index (κ1) is 27.5. The Kier molecular flexibility index (Phi) is 8.99. The van der Waals surface area contributed by atoms with E-state index in [1.54, 1.807) is 36.4 Å². The Labute approximate surface area is 212 Å². The number of carbonyl (C=O) groups excluding carboxylic acids is 1.